The number of benzene rings is 1. The quantitative estimate of drug-likeness (QED) is 0.600. The van der Waals surface area contributed by atoms with Gasteiger partial charge < -0.3 is 20.8 Å². The molecule has 1 aromatic rings. The minimum atomic E-state index is -1.42. The fourth-order valence-corrected chi connectivity index (χ4v) is 1.83. The molecule has 1 atom stereocenters. The highest BCUT2D eigenvalue weighted by Crippen LogP contribution is 2.28. The van der Waals surface area contributed by atoms with Gasteiger partial charge in [-0.1, -0.05) is 12.1 Å². The maximum atomic E-state index is 12.0. The van der Waals surface area contributed by atoms with Gasteiger partial charge in [-0.3, -0.25) is 9.69 Å². The Hall–Kier alpha value is -2.61. The SMILES string of the molecule is O=C1CN(C(=O)N[C@@H](CO)C(=O)O)c2ccccc2N1. The lowest BCUT2D eigenvalue weighted by molar-refractivity contribution is -0.140. The molecule has 106 valence electrons. The number of anilines is 2. The molecular formula is C12H13N3O5. The van der Waals surface area contributed by atoms with Crippen molar-refractivity contribution in [3.05, 3.63) is 24.3 Å². The number of fused-ring (bicyclic) bond motifs is 1. The molecule has 8 nitrogen and oxygen atoms in total. The van der Waals surface area contributed by atoms with Crippen LogP contribution in [0.2, 0.25) is 0 Å². The summed E-state index contributed by atoms with van der Waals surface area (Å²) in [6, 6.07) is 4.48. The molecule has 0 radical (unpaired) electrons. The second-order valence-corrected chi connectivity index (χ2v) is 4.17. The van der Waals surface area contributed by atoms with Gasteiger partial charge in [-0.2, -0.15) is 0 Å². The summed E-state index contributed by atoms with van der Waals surface area (Å²) >= 11 is 0. The number of urea groups is 1. The highest BCUT2D eigenvalue weighted by Gasteiger charge is 2.29. The van der Waals surface area contributed by atoms with Gasteiger partial charge in [0.05, 0.1) is 18.0 Å². The molecule has 20 heavy (non-hydrogen) atoms. The van der Waals surface area contributed by atoms with E-state index in [1.165, 1.54) is 0 Å². The van der Waals surface area contributed by atoms with E-state index in [1.54, 1.807) is 24.3 Å². The van der Waals surface area contributed by atoms with E-state index >= 15 is 0 Å². The normalized spacial score (nSPS) is 15.1. The van der Waals surface area contributed by atoms with Crippen LogP contribution in [0.15, 0.2) is 24.3 Å². The molecule has 1 aliphatic heterocycles. The number of amides is 3. The van der Waals surface area contributed by atoms with Gasteiger partial charge in [-0.15, -0.1) is 0 Å². The third kappa shape index (κ3) is 2.69. The first-order valence-electron chi connectivity index (χ1n) is 5.83. The summed E-state index contributed by atoms with van der Waals surface area (Å²) in [5, 5.41) is 22.5. The molecular weight excluding hydrogens is 266 g/mol. The van der Waals surface area contributed by atoms with Crippen LogP contribution in [0.5, 0.6) is 0 Å². The summed E-state index contributed by atoms with van der Waals surface area (Å²) < 4.78 is 0. The molecule has 2 rings (SSSR count). The minimum absolute atomic E-state index is 0.222. The standard InChI is InChI=1S/C12H13N3O5/c16-6-8(11(18)19)14-12(20)15-5-10(17)13-7-3-1-2-4-9(7)15/h1-4,8,16H,5-6H2,(H,13,17)(H,14,20)(H,18,19)/t8-/m0/s1. The van der Waals surface area contributed by atoms with Crippen molar-refractivity contribution >= 4 is 29.3 Å². The second kappa shape index (κ2) is 5.57. The van der Waals surface area contributed by atoms with Crippen LogP contribution in [0, 0.1) is 0 Å². The van der Waals surface area contributed by atoms with Crippen molar-refractivity contribution in [2.24, 2.45) is 0 Å². The first kappa shape index (κ1) is 13.8. The summed E-state index contributed by atoms with van der Waals surface area (Å²) in [6.07, 6.45) is 0. The van der Waals surface area contributed by atoms with Crippen LogP contribution in [0.4, 0.5) is 16.2 Å². The number of aliphatic hydroxyl groups excluding tert-OH is 1. The molecule has 0 saturated carbocycles. The lowest BCUT2D eigenvalue weighted by Crippen LogP contribution is -2.52. The van der Waals surface area contributed by atoms with E-state index in [-0.39, 0.29) is 12.5 Å². The van der Waals surface area contributed by atoms with Gasteiger partial charge in [0.2, 0.25) is 5.91 Å². The zero-order valence-corrected chi connectivity index (χ0v) is 10.4. The Bertz CT molecular complexity index is 560. The van der Waals surface area contributed by atoms with Crippen molar-refractivity contribution < 1.29 is 24.6 Å². The number of aliphatic hydroxyl groups is 1. The van der Waals surface area contributed by atoms with Crippen molar-refractivity contribution in [2.75, 3.05) is 23.4 Å². The van der Waals surface area contributed by atoms with E-state index in [4.69, 9.17) is 10.2 Å². The van der Waals surface area contributed by atoms with Gasteiger partial charge in [0.1, 0.15) is 6.54 Å². The molecule has 0 bridgehead atoms. The van der Waals surface area contributed by atoms with Crippen molar-refractivity contribution in [3.8, 4) is 0 Å². The smallest absolute Gasteiger partial charge is 0.328 e. The molecule has 0 fully saturated rings. The number of aliphatic carboxylic acids is 1. The molecule has 0 saturated heterocycles. The lowest BCUT2D eigenvalue weighted by Gasteiger charge is -2.29. The van der Waals surface area contributed by atoms with E-state index in [2.05, 4.69) is 10.6 Å². The Morgan fingerprint density at radius 3 is 2.75 bits per heavy atom. The summed E-state index contributed by atoms with van der Waals surface area (Å²) in [6.45, 7) is -0.955. The number of para-hydroxylation sites is 2. The Morgan fingerprint density at radius 2 is 2.10 bits per heavy atom. The second-order valence-electron chi connectivity index (χ2n) is 4.17. The maximum absolute atomic E-state index is 12.0. The van der Waals surface area contributed by atoms with Crippen LogP contribution in [0.1, 0.15) is 0 Å². The number of hydrogen-bond acceptors (Lipinski definition) is 4. The van der Waals surface area contributed by atoms with Gasteiger partial charge in [-0.05, 0) is 12.1 Å². The number of carboxylic acid groups (broad SMARTS) is 1. The number of carbonyl (C=O) groups excluding carboxylic acids is 2. The van der Waals surface area contributed by atoms with Crippen LogP contribution >= 0.6 is 0 Å². The molecule has 4 N–H and O–H groups in total. The number of carboxylic acids is 1. The molecule has 0 aromatic heterocycles. The van der Waals surface area contributed by atoms with E-state index in [9.17, 15) is 14.4 Å². The Morgan fingerprint density at radius 1 is 1.40 bits per heavy atom. The first-order valence-corrected chi connectivity index (χ1v) is 5.83. The van der Waals surface area contributed by atoms with Crippen molar-refractivity contribution in [1.29, 1.82) is 0 Å². The van der Waals surface area contributed by atoms with Gasteiger partial charge in [0.25, 0.3) is 0 Å². The third-order valence-corrected chi connectivity index (χ3v) is 2.79. The molecule has 1 aromatic carbocycles. The summed E-state index contributed by atoms with van der Waals surface area (Å²) in [4.78, 5) is 35.5. The molecule has 0 unspecified atom stereocenters. The topological polar surface area (TPSA) is 119 Å². The van der Waals surface area contributed by atoms with Crippen LogP contribution in [-0.2, 0) is 9.59 Å². The predicted octanol–water partition coefficient (Wildman–Crippen LogP) is -0.400. The molecule has 8 heteroatoms. The minimum Gasteiger partial charge on any atom is -0.480 e. The van der Waals surface area contributed by atoms with Gasteiger partial charge in [0, 0.05) is 0 Å². The van der Waals surface area contributed by atoms with Crippen LogP contribution in [0.25, 0.3) is 0 Å². The predicted molar refractivity (Wildman–Crippen MR) is 69.5 cm³/mol. The van der Waals surface area contributed by atoms with Crippen molar-refractivity contribution in [3.63, 3.8) is 0 Å². The monoisotopic (exact) mass is 279 g/mol. The van der Waals surface area contributed by atoms with E-state index in [0.717, 1.165) is 4.90 Å². The molecule has 0 spiro atoms. The molecule has 0 aliphatic carbocycles. The third-order valence-electron chi connectivity index (χ3n) is 2.79. The van der Waals surface area contributed by atoms with Crippen LogP contribution in [0.3, 0.4) is 0 Å². The molecule has 1 aliphatic rings. The fraction of sp³-hybridized carbons (Fsp3) is 0.250. The van der Waals surface area contributed by atoms with Crippen LogP contribution in [-0.4, -0.2) is 47.3 Å². The van der Waals surface area contributed by atoms with Crippen molar-refractivity contribution in [1.82, 2.24) is 5.32 Å². The number of hydrogen-bond donors (Lipinski definition) is 4. The van der Waals surface area contributed by atoms with Crippen LogP contribution < -0.4 is 15.5 Å². The molecule has 1 heterocycles. The lowest BCUT2D eigenvalue weighted by atomic mass is 10.2. The van der Waals surface area contributed by atoms with E-state index in [1.807, 2.05) is 0 Å². The average Bonchev–Trinajstić information content (AvgIpc) is 2.43. The van der Waals surface area contributed by atoms with Gasteiger partial charge in [-0.25, -0.2) is 9.59 Å². The number of nitrogens with one attached hydrogen (secondary N) is 2. The summed E-state index contributed by atoms with van der Waals surface area (Å²) in [7, 11) is 0. The maximum Gasteiger partial charge on any atom is 0.328 e. The van der Waals surface area contributed by atoms with Gasteiger partial charge in [0.15, 0.2) is 6.04 Å². The summed E-state index contributed by atoms with van der Waals surface area (Å²) in [5.41, 5.74) is 0.932. The largest absolute Gasteiger partial charge is 0.480 e. The average molecular weight is 279 g/mol. The number of rotatable bonds is 3. The Labute approximate surface area is 114 Å². The van der Waals surface area contributed by atoms with E-state index in [0.29, 0.717) is 11.4 Å². The number of carbonyl (C=O) groups is 3. The Balaban J connectivity index is 2.22. The zero-order chi connectivity index (χ0) is 14.7. The zero-order valence-electron chi connectivity index (χ0n) is 10.4. The van der Waals surface area contributed by atoms with E-state index < -0.39 is 24.6 Å². The Kier molecular flexibility index (Phi) is 3.85. The fourth-order valence-electron chi connectivity index (χ4n) is 1.83. The van der Waals surface area contributed by atoms with Gasteiger partial charge >= 0.3 is 12.0 Å². The first-order chi connectivity index (χ1) is 9.52. The molecule has 3 amide bonds. The highest BCUT2D eigenvalue weighted by atomic mass is 16.4. The van der Waals surface area contributed by atoms with Crippen molar-refractivity contribution in [2.45, 2.75) is 6.04 Å². The highest BCUT2D eigenvalue weighted by molar-refractivity contribution is 6.09. The number of nitrogens with zero attached hydrogens (tertiary/aromatic N) is 1. The summed E-state index contributed by atoms with van der Waals surface area (Å²) in [5.74, 6) is -1.73.